The SMILES string of the molecule is Cc1ccc(S(=O)(=O)N2CCCC2C(=O)Nc2nc3c(s2)CCCC3)s1. The van der Waals surface area contributed by atoms with E-state index >= 15 is 0 Å². The molecule has 1 fully saturated rings. The molecule has 0 bridgehead atoms. The number of nitrogens with one attached hydrogen (secondary N) is 1. The molecule has 1 unspecified atom stereocenters. The van der Waals surface area contributed by atoms with Crippen LogP contribution in [-0.2, 0) is 27.7 Å². The monoisotopic (exact) mass is 411 g/mol. The third-order valence-corrected chi connectivity index (χ3v) is 9.31. The maximum absolute atomic E-state index is 12.9. The molecule has 26 heavy (non-hydrogen) atoms. The molecule has 1 aliphatic carbocycles. The van der Waals surface area contributed by atoms with E-state index in [0.29, 0.717) is 28.7 Å². The number of thiazole rings is 1. The molecule has 0 radical (unpaired) electrons. The molecule has 1 atom stereocenters. The van der Waals surface area contributed by atoms with Crippen molar-refractivity contribution in [1.82, 2.24) is 9.29 Å². The normalized spacial score (nSPS) is 20.9. The molecule has 140 valence electrons. The second kappa shape index (κ2) is 7.03. The van der Waals surface area contributed by atoms with Gasteiger partial charge in [-0.1, -0.05) is 0 Å². The van der Waals surface area contributed by atoms with Gasteiger partial charge >= 0.3 is 0 Å². The highest BCUT2D eigenvalue weighted by atomic mass is 32.2. The lowest BCUT2D eigenvalue weighted by Gasteiger charge is -2.22. The molecule has 1 amide bonds. The summed E-state index contributed by atoms with van der Waals surface area (Å²) in [6.45, 7) is 2.26. The molecule has 9 heteroatoms. The van der Waals surface area contributed by atoms with E-state index in [4.69, 9.17) is 0 Å². The highest BCUT2D eigenvalue weighted by molar-refractivity contribution is 7.91. The van der Waals surface area contributed by atoms with Crippen LogP contribution in [0.2, 0.25) is 0 Å². The number of anilines is 1. The third kappa shape index (κ3) is 3.33. The van der Waals surface area contributed by atoms with Crippen LogP contribution in [-0.4, -0.2) is 36.2 Å². The zero-order valence-electron chi connectivity index (χ0n) is 14.5. The number of aromatic nitrogens is 1. The van der Waals surface area contributed by atoms with Crippen molar-refractivity contribution in [2.24, 2.45) is 0 Å². The molecule has 2 aliphatic rings. The van der Waals surface area contributed by atoms with Crippen LogP contribution in [0.4, 0.5) is 5.13 Å². The van der Waals surface area contributed by atoms with Crippen LogP contribution < -0.4 is 5.32 Å². The van der Waals surface area contributed by atoms with Gasteiger partial charge < -0.3 is 5.32 Å². The van der Waals surface area contributed by atoms with E-state index < -0.39 is 16.1 Å². The second-order valence-electron chi connectivity index (χ2n) is 6.72. The van der Waals surface area contributed by atoms with Crippen LogP contribution in [0.1, 0.15) is 41.1 Å². The summed E-state index contributed by atoms with van der Waals surface area (Å²) >= 11 is 2.77. The van der Waals surface area contributed by atoms with Crippen molar-refractivity contribution in [1.29, 1.82) is 0 Å². The Kier molecular flexibility index (Phi) is 4.89. The molecule has 1 saturated heterocycles. The smallest absolute Gasteiger partial charge is 0.253 e. The highest BCUT2D eigenvalue weighted by Gasteiger charge is 2.40. The van der Waals surface area contributed by atoms with Gasteiger partial charge in [-0.25, -0.2) is 13.4 Å². The van der Waals surface area contributed by atoms with Gasteiger partial charge in [0.15, 0.2) is 5.13 Å². The van der Waals surface area contributed by atoms with Crippen LogP contribution in [0.5, 0.6) is 0 Å². The Morgan fingerprint density at radius 3 is 2.77 bits per heavy atom. The van der Waals surface area contributed by atoms with Crippen LogP contribution in [0.25, 0.3) is 0 Å². The van der Waals surface area contributed by atoms with Gasteiger partial charge in [0.25, 0.3) is 10.0 Å². The number of sulfonamides is 1. The van der Waals surface area contributed by atoms with Gasteiger partial charge in [0.05, 0.1) is 5.69 Å². The number of carbonyl (C=O) groups excluding carboxylic acids is 1. The van der Waals surface area contributed by atoms with Crippen LogP contribution in [0.3, 0.4) is 0 Å². The van der Waals surface area contributed by atoms with Gasteiger partial charge in [-0.05, 0) is 57.6 Å². The molecule has 6 nitrogen and oxygen atoms in total. The highest BCUT2D eigenvalue weighted by Crippen LogP contribution is 2.32. The van der Waals surface area contributed by atoms with E-state index in [2.05, 4.69) is 10.3 Å². The van der Waals surface area contributed by atoms with Crippen molar-refractivity contribution in [3.8, 4) is 0 Å². The summed E-state index contributed by atoms with van der Waals surface area (Å²) in [5, 5.41) is 3.46. The molecule has 3 heterocycles. The number of fused-ring (bicyclic) bond motifs is 1. The summed E-state index contributed by atoms with van der Waals surface area (Å²) in [6, 6.07) is 2.75. The van der Waals surface area contributed by atoms with Gasteiger partial charge in [0.1, 0.15) is 10.3 Å². The standard InChI is InChI=1S/C17H21N3O3S3/c1-11-8-9-15(24-11)26(22,23)20-10-4-6-13(20)16(21)19-17-18-12-5-2-3-7-14(12)25-17/h8-9,13H,2-7,10H2,1H3,(H,18,19,21). The lowest BCUT2D eigenvalue weighted by molar-refractivity contribution is -0.119. The first-order valence-corrected chi connectivity index (χ1v) is 11.9. The number of rotatable bonds is 4. The lowest BCUT2D eigenvalue weighted by Crippen LogP contribution is -2.42. The fourth-order valence-electron chi connectivity index (χ4n) is 3.55. The van der Waals surface area contributed by atoms with Gasteiger partial charge in [-0.3, -0.25) is 4.79 Å². The molecular formula is C17H21N3O3S3. The van der Waals surface area contributed by atoms with Gasteiger partial charge in [0.2, 0.25) is 5.91 Å². The average molecular weight is 412 g/mol. The molecule has 1 aliphatic heterocycles. The summed E-state index contributed by atoms with van der Waals surface area (Å²) in [5.74, 6) is -0.273. The van der Waals surface area contributed by atoms with Gasteiger partial charge in [0, 0.05) is 16.3 Å². The van der Waals surface area contributed by atoms with Crippen molar-refractivity contribution in [3.63, 3.8) is 0 Å². The van der Waals surface area contributed by atoms with E-state index in [-0.39, 0.29) is 5.91 Å². The maximum atomic E-state index is 12.9. The Balaban J connectivity index is 1.52. The molecule has 1 N–H and O–H groups in total. The largest absolute Gasteiger partial charge is 0.301 e. The Morgan fingerprint density at radius 2 is 2.04 bits per heavy atom. The fraction of sp³-hybridized carbons (Fsp3) is 0.529. The zero-order valence-corrected chi connectivity index (χ0v) is 17.0. The van der Waals surface area contributed by atoms with Crippen LogP contribution in [0, 0.1) is 6.92 Å². The average Bonchev–Trinajstić information content (AvgIpc) is 3.33. The minimum Gasteiger partial charge on any atom is -0.301 e. The molecule has 2 aromatic heterocycles. The quantitative estimate of drug-likeness (QED) is 0.838. The van der Waals surface area contributed by atoms with E-state index in [9.17, 15) is 13.2 Å². The van der Waals surface area contributed by atoms with E-state index in [1.165, 1.54) is 31.9 Å². The minimum absolute atomic E-state index is 0.273. The Morgan fingerprint density at radius 1 is 1.23 bits per heavy atom. The number of aryl methyl sites for hydroxylation is 3. The van der Waals surface area contributed by atoms with Crippen LogP contribution in [0.15, 0.2) is 16.3 Å². The predicted octanol–water partition coefficient (Wildman–Crippen LogP) is 3.18. The van der Waals surface area contributed by atoms with E-state index in [1.807, 2.05) is 6.92 Å². The van der Waals surface area contributed by atoms with Crippen molar-refractivity contribution in [2.45, 2.75) is 55.7 Å². The molecule has 0 spiro atoms. The van der Waals surface area contributed by atoms with E-state index in [0.717, 1.165) is 36.3 Å². The minimum atomic E-state index is -3.63. The number of carbonyl (C=O) groups is 1. The zero-order chi connectivity index (χ0) is 18.3. The maximum Gasteiger partial charge on any atom is 0.253 e. The number of hydrogen-bond acceptors (Lipinski definition) is 6. The van der Waals surface area contributed by atoms with E-state index in [1.54, 1.807) is 12.1 Å². The van der Waals surface area contributed by atoms with Crippen molar-refractivity contribution >= 4 is 43.7 Å². The molecule has 0 aromatic carbocycles. The van der Waals surface area contributed by atoms with Crippen molar-refractivity contribution in [2.75, 3.05) is 11.9 Å². The first-order valence-electron chi connectivity index (χ1n) is 8.83. The number of amides is 1. The number of nitrogens with zero attached hydrogens (tertiary/aromatic N) is 2. The number of hydrogen-bond donors (Lipinski definition) is 1. The lowest BCUT2D eigenvalue weighted by atomic mass is 10.0. The second-order valence-corrected chi connectivity index (χ2v) is 11.2. The van der Waals surface area contributed by atoms with Crippen molar-refractivity contribution < 1.29 is 13.2 Å². The Bertz CT molecular complexity index is 909. The molecule has 0 saturated carbocycles. The summed E-state index contributed by atoms with van der Waals surface area (Å²) in [4.78, 5) is 19.5. The Hall–Kier alpha value is -1.29. The summed E-state index contributed by atoms with van der Waals surface area (Å²) in [7, 11) is -3.63. The fourth-order valence-corrected chi connectivity index (χ4v) is 7.67. The molecular weight excluding hydrogens is 390 g/mol. The first kappa shape index (κ1) is 18.1. The third-order valence-electron chi connectivity index (χ3n) is 4.86. The summed E-state index contributed by atoms with van der Waals surface area (Å²) in [5.41, 5.74) is 1.08. The summed E-state index contributed by atoms with van der Waals surface area (Å²) < 4.78 is 27.5. The van der Waals surface area contributed by atoms with Crippen molar-refractivity contribution in [3.05, 3.63) is 27.6 Å². The van der Waals surface area contributed by atoms with Gasteiger partial charge in [-0.2, -0.15) is 4.31 Å². The first-order chi connectivity index (χ1) is 12.4. The topological polar surface area (TPSA) is 79.4 Å². The van der Waals surface area contributed by atoms with Gasteiger partial charge in [-0.15, -0.1) is 22.7 Å². The summed E-state index contributed by atoms with van der Waals surface area (Å²) in [6.07, 6.45) is 5.51. The molecule has 4 rings (SSSR count). The Labute approximate surface area is 161 Å². The molecule has 2 aromatic rings. The predicted molar refractivity (Wildman–Crippen MR) is 103 cm³/mol. The van der Waals surface area contributed by atoms with Crippen LogP contribution >= 0.6 is 22.7 Å². The number of thiophene rings is 1.